The number of rotatable bonds is 4. The molecule has 0 N–H and O–H groups in total. The zero-order valence-electron chi connectivity index (χ0n) is 15.1. The lowest BCUT2D eigenvalue weighted by Crippen LogP contribution is -2.38. The molecule has 0 radical (unpaired) electrons. The molecule has 1 saturated heterocycles. The number of hydrogen-bond donors (Lipinski definition) is 0. The van der Waals surface area contributed by atoms with Crippen LogP contribution >= 0.6 is 0 Å². The Morgan fingerprint density at radius 2 is 2.00 bits per heavy atom. The van der Waals surface area contributed by atoms with Gasteiger partial charge in [0.15, 0.2) is 5.65 Å². The molecular formula is C21H22N6. The van der Waals surface area contributed by atoms with Gasteiger partial charge in [0.25, 0.3) is 0 Å². The monoisotopic (exact) mass is 358 g/mol. The van der Waals surface area contributed by atoms with Crippen molar-refractivity contribution >= 4 is 11.5 Å². The van der Waals surface area contributed by atoms with Gasteiger partial charge in [0.05, 0.1) is 18.2 Å². The molecular weight excluding hydrogens is 336 g/mol. The lowest BCUT2D eigenvalue weighted by atomic mass is 9.98. The van der Waals surface area contributed by atoms with E-state index in [1.807, 2.05) is 41.6 Å². The summed E-state index contributed by atoms with van der Waals surface area (Å²) in [5, 5.41) is 4.53. The largest absolute Gasteiger partial charge is 0.356 e. The number of hydrogen-bond acceptors (Lipinski definition) is 4. The van der Waals surface area contributed by atoms with Crippen LogP contribution in [0.4, 0.5) is 5.82 Å². The van der Waals surface area contributed by atoms with Gasteiger partial charge in [-0.05, 0) is 18.8 Å². The molecule has 6 nitrogen and oxygen atoms in total. The predicted molar refractivity (Wildman–Crippen MR) is 106 cm³/mol. The Morgan fingerprint density at radius 1 is 1.07 bits per heavy atom. The van der Waals surface area contributed by atoms with Crippen molar-refractivity contribution in [2.24, 2.45) is 5.92 Å². The third kappa shape index (κ3) is 3.18. The summed E-state index contributed by atoms with van der Waals surface area (Å²) < 4.78 is 4.14. The number of aromatic nitrogens is 5. The van der Waals surface area contributed by atoms with Gasteiger partial charge in [-0.1, -0.05) is 30.3 Å². The molecule has 1 atom stereocenters. The molecule has 1 fully saturated rings. The molecule has 4 heterocycles. The normalized spacial score (nSPS) is 17.5. The maximum atomic E-state index is 4.80. The average Bonchev–Trinajstić information content (AvgIpc) is 3.40. The van der Waals surface area contributed by atoms with Gasteiger partial charge in [0, 0.05) is 49.7 Å². The zero-order chi connectivity index (χ0) is 18.1. The first-order valence-electron chi connectivity index (χ1n) is 9.48. The smallest absolute Gasteiger partial charge is 0.157 e. The third-order valence-corrected chi connectivity index (χ3v) is 5.28. The standard InChI is InChI=1S/C21H22N6/c1-2-6-18(7-3-1)19-13-21(27-20(24-19)8-9-23-27)26-11-4-5-17(15-26)14-25-12-10-22-16-25/h1-3,6-10,12-13,16-17H,4-5,11,14-15H2/t17-/m0/s1. The highest BCUT2D eigenvalue weighted by Crippen LogP contribution is 2.28. The zero-order valence-corrected chi connectivity index (χ0v) is 15.1. The summed E-state index contributed by atoms with van der Waals surface area (Å²) in [6, 6.07) is 14.5. The van der Waals surface area contributed by atoms with Crippen molar-refractivity contribution in [2.45, 2.75) is 19.4 Å². The topological polar surface area (TPSA) is 51.2 Å². The van der Waals surface area contributed by atoms with Crippen LogP contribution in [-0.2, 0) is 6.54 Å². The molecule has 0 aliphatic carbocycles. The van der Waals surface area contributed by atoms with E-state index in [4.69, 9.17) is 4.98 Å². The summed E-state index contributed by atoms with van der Waals surface area (Å²) in [5.74, 6) is 1.73. The van der Waals surface area contributed by atoms with Gasteiger partial charge in [-0.2, -0.15) is 9.61 Å². The number of fused-ring (bicyclic) bond motifs is 1. The van der Waals surface area contributed by atoms with Gasteiger partial charge in [-0.25, -0.2) is 9.97 Å². The predicted octanol–water partition coefficient (Wildman–Crippen LogP) is 3.51. The van der Waals surface area contributed by atoms with Crippen LogP contribution in [0.15, 0.2) is 67.4 Å². The molecule has 1 aromatic carbocycles. The van der Waals surface area contributed by atoms with Crippen LogP contribution in [0, 0.1) is 5.92 Å². The van der Waals surface area contributed by atoms with Crippen LogP contribution in [0.2, 0.25) is 0 Å². The molecule has 0 amide bonds. The number of nitrogens with zero attached hydrogens (tertiary/aromatic N) is 6. The minimum Gasteiger partial charge on any atom is -0.356 e. The van der Waals surface area contributed by atoms with Gasteiger partial charge >= 0.3 is 0 Å². The number of anilines is 1. The lowest BCUT2D eigenvalue weighted by Gasteiger charge is -2.34. The van der Waals surface area contributed by atoms with Crippen molar-refractivity contribution in [2.75, 3.05) is 18.0 Å². The Hall–Kier alpha value is -3.15. The fourth-order valence-electron chi connectivity index (χ4n) is 3.99. The molecule has 4 aromatic rings. The van der Waals surface area contributed by atoms with Crippen LogP contribution < -0.4 is 4.90 Å². The minimum absolute atomic E-state index is 0.604. The van der Waals surface area contributed by atoms with E-state index in [1.165, 1.54) is 12.8 Å². The molecule has 5 rings (SSSR count). The molecule has 136 valence electrons. The van der Waals surface area contributed by atoms with Crippen molar-refractivity contribution in [1.82, 2.24) is 24.1 Å². The second kappa shape index (κ2) is 6.87. The molecule has 0 unspecified atom stereocenters. The van der Waals surface area contributed by atoms with E-state index in [0.29, 0.717) is 5.92 Å². The van der Waals surface area contributed by atoms with Gasteiger partial charge in [0.1, 0.15) is 5.82 Å². The van der Waals surface area contributed by atoms with Gasteiger partial charge in [-0.15, -0.1) is 0 Å². The minimum atomic E-state index is 0.604. The first-order valence-corrected chi connectivity index (χ1v) is 9.48. The van der Waals surface area contributed by atoms with Crippen molar-refractivity contribution in [1.29, 1.82) is 0 Å². The van der Waals surface area contributed by atoms with E-state index in [9.17, 15) is 0 Å². The first-order chi connectivity index (χ1) is 13.4. The van der Waals surface area contributed by atoms with Crippen LogP contribution in [-0.4, -0.2) is 37.2 Å². The van der Waals surface area contributed by atoms with E-state index in [-0.39, 0.29) is 0 Å². The maximum absolute atomic E-state index is 4.80. The Bertz CT molecular complexity index is 1020. The SMILES string of the molecule is c1ccc(-c2cc(N3CCC[C@@H](Cn4ccnc4)C3)n3nccc3n2)cc1. The highest BCUT2D eigenvalue weighted by Gasteiger charge is 2.23. The molecule has 0 saturated carbocycles. The van der Waals surface area contributed by atoms with Crippen molar-refractivity contribution < 1.29 is 0 Å². The highest BCUT2D eigenvalue weighted by molar-refractivity contribution is 5.66. The number of imidazole rings is 1. The molecule has 1 aliphatic heterocycles. The molecule has 3 aromatic heterocycles. The number of benzene rings is 1. The van der Waals surface area contributed by atoms with Crippen molar-refractivity contribution in [3.8, 4) is 11.3 Å². The van der Waals surface area contributed by atoms with E-state index in [2.05, 4.69) is 49.9 Å². The second-order valence-corrected chi connectivity index (χ2v) is 7.18. The summed E-state index contributed by atoms with van der Waals surface area (Å²) in [6.07, 6.45) is 10.1. The van der Waals surface area contributed by atoms with Crippen LogP contribution in [0.3, 0.4) is 0 Å². The fourth-order valence-corrected chi connectivity index (χ4v) is 3.99. The molecule has 27 heavy (non-hydrogen) atoms. The molecule has 1 aliphatic rings. The van der Waals surface area contributed by atoms with Gasteiger partial charge in [0.2, 0.25) is 0 Å². The quantitative estimate of drug-likeness (QED) is 0.560. The van der Waals surface area contributed by atoms with Crippen LogP contribution in [0.25, 0.3) is 16.9 Å². The molecule has 0 bridgehead atoms. The van der Waals surface area contributed by atoms with Crippen molar-refractivity contribution in [3.63, 3.8) is 0 Å². The number of piperidine rings is 1. The first kappa shape index (κ1) is 16.1. The summed E-state index contributed by atoms with van der Waals surface area (Å²) in [5.41, 5.74) is 3.02. The van der Waals surface area contributed by atoms with Crippen molar-refractivity contribution in [3.05, 3.63) is 67.4 Å². The van der Waals surface area contributed by atoms with E-state index in [1.54, 1.807) is 0 Å². The van der Waals surface area contributed by atoms with Crippen LogP contribution in [0.5, 0.6) is 0 Å². The third-order valence-electron chi connectivity index (χ3n) is 5.28. The Labute approximate surface area is 158 Å². The van der Waals surface area contributed by atoms with E-state index in [0.717, 1.165) is 42.4 Å². The molecule has 6 heteroatoms. The van der Waals surface area contributed by atoms with Crippen LogP contribution in [0.1, 0.15) is 12.8 Å². The Kier molecular flexibility index (Phi) is 4.08. The lowest BCUT2D eigenvalue weighted by molar-refractivity contribution is 0.364. The summed E-state index contributed by atoms with van der Waals surface area (Å²) >= 11 is 0. The van der Waals surface area contributed by atoms with Gasteiger partial charge in [-0.3, -0.25) is 0 Å². The Morgan fingerprint density at radius 3 is 2.85 bits per heavy atom. The molecule has 0 spiro atoms. The maximum Gasteiger partial charge on any atom is 0.157 e. The Balaban J connectivity index is 1.49. The van der Waals surface area contributed by atoms with E-state index >= 15 is 0 Å². The highest BCUT2D eigenvalue weighted by atomic mass is 15.3. The second-order valence-electron chi connectivity index (χ2n) is 7.18. The van der Waals surface area contributed by atoms with Gasteiger partial charge < -0.3 is 9.47 Å². The summed E-state index contributed by atoms with van der Waals surface area (Å²) in [6.45, 7) is 3.08. The summed E-state index contributed by atoms with van der Waals surface area (Å²) in [4.78, 5) is 11.4. The summed E-state index contributed by atoms with van der Waals surface area (Å²) in [7, 11) is 0. The average molecular weight is 358 g/mol. The van der Waals surface area contributed by atoms with E-state index < -0.39 is 0 Å². The fraction of sp³-hybridized carbons (Fsp3) is 0.286.